The Labute approximate surface area is 128 Å². The molecule has 8 heteroatoms. The number of ether oxygens (including phenoxy) is 1. The number of alkyl halides is 3. The molecule has 0 bridgehead atoms. The highest BCUT2D eigenvalue weighted by atomic mass is 19.4. The Morgan fingerprint density at radius 3 is 2.78 bits per heavy atom. The fourth-order valence-corrected chi connectivity index (χ4v) is 2.51. The van der Waals surface area contributed by atoms with Crippen LogP contribution in [0.4, 0.5) is 13.2 Å². The van der Waals surface area contributed by atoms with Crippen molar-refractivity contribution in [2.24, 2.45) is 0 Å². The highest BCUT2D eigenvalue weighted by Crippen LogP contribution is 2.26. The van der Waals surface area contributed by atoms with E-state index in [2.05, 4.69) is 9.72 Å². The SMILES string of the molecule is O=C(c1cc2ccccc2[nH]c1=O)N1CCO[C@@H](C(F)(F)F)C1. The van der Waals surface area contributed by atoms with Crippen LogP contribution in [0.1, 0.15) is 10.4 Å². The van der Waals surface area contributed by atoms with E-state index in [1.165, 1.54) is 6.07 Å². The molecule has 0 unspecified atom stereocenters. The number of amides is 1. The Morgan fingerprint density at radius 2 is 2.04 bits per heavy atom. The van der Waals surface area contributed by atoms with Crippen molar-refractivity contribution in [1.29, 1.82) is 0 Å². The van der Waals surface area contributed by atoms with Gasteiger partial charge in [0.1, 0.15) is 5.56 Å². The minimum Gasteiger partial charge on any atom is -0.365 e. The van der Waals surface area contributed by atoms with Crippen molar-refractivity contribution in [2.45, 2.75) is 12.3 Å². The van der Waals surface area contributed by atoms with Crippen molar-refractivity contribution in [3.8, 4) is 0 Å². The van der Waals surface area contributed by atoms with Crippen LogP contribution >= 0.6 is 0 Å². The molecule has 1 atom stereocenters. The molecule has 0 spiro atoms. The number of hydrogen-bond donors (Lipinski definition) is 1. The molecule has 2 aromatic rings. The van der Waals surface area contributed by atoms with Crippen molar-refractivity contribution in [2.75, 3.05) is 19.7 Å². The van der Waals surface area contributed by atoms with Crippen LogP contribution in [0.3, 0.4) is 0 Å². The van der Waals surface area contributed by atoms with Crippen LogP contribution in [0, 0.1) is 0 Å². The summed E-state index contributed by atoms with van der Waals surface area (Å²) in [6, 6.07) is 8.26. The molecule has 1 aromatic carbocycles. The lowest BCUT2D eigenvalue weighted by atomic mass is 10.1. The number of pyridine rings is 1. The first kappa shape index (κ1) is 15.5. The largest absolute Gasteiger partial charge is 0.416 e. The number of rotatable bonds is 1. The molecule has 1 saturated heterocycles. The van der Waals surface area contributed by atoms with Gasteiger partial charge >= 0.3 is 6.18 Å². The highest BCUT2D eigenvalue weighted by molar-refractivity contribution is 5.97. The lowest BCUT2D eigenvalue weighted by molar-refractivity contribution is -0.233. The molecule has 1 aliphatic rings. The molecule has 5 nitrogen and oxygen atoms in total. The van der Waals surface area contributed by atoms with E-state index in [-0.39, 0.29) is 18.7 Å². The maximum atomic E-state index is 12.7. The second kappa shape index (κ2) is 5.69. The lowest BCUT2D eigenvalue weighted by Crippen LogP contribution is -2.51. The van der Waals surface area contributed by atoms with Crippen molar-refractivity contribution < 1.29 is 22.7 Å². The van der Waals surface area contributed by atoms with Crippen LogP contribution in [-0.2, 0) is 4.74 Å². The quantitative estimate of drug-likeness (QED) is 0.871. The molecule has 122 valence electrons. The maximum absolute atomic E-state index is 12.7. The van der Waals surface area contributed by atoms with E-state index >= 15 is 0 Å². The summed E-state index contributed by atoms with van der Waals surface area (Å²) in [7, 11) is 0. The molecule has 2 heterocycles. The number of para-hydroxylation sites is 1. The lowest BCUT2D eigenvalue weighted by Gasteiger charge is -2.33. The Morgan fingerprint density at radius 1 is 1.30 bits per heavy atom. The predicted molar refractivity (Wildman–Crippen MR) is 76.3 cm³/mol. The summed E-state index contributed by atoms with van der Waals surface area (Å²) in [6.07, 6.45) is -6.57. The van der Waals surface area contributed by atoms with Gasteiger partial charge in [-0.15, -0.1) is 0 Å². The Balaban J connectivity index is 1.91. The highest BCUT2D eigenvalue weighted by Gasteiger charge is 2.44. The van der Waals surface area contributed by atoms with E-state index in [4.69, 9.17) is 0 Å². The van der Waals surface area contributed by atoms with Gasteiger partial charge in [0, 0.05) is 12.1 Å². The standard InChI is InChI=1S/C15H13F3N2O3/c16-15(17,18)12-8-20(5-6-23-12)14(22)10-7-9-3-1-2-4-11(9)19-13(10)21/h1-4,7,12H,5-6,8H2,(H,19,21)/t12-/m1/s1. The van der Waals surface area contributed by atoms with Crippen LogP contribution in [0.15, 0.2) is 35.1 Å². The van der Waals surface area contributed by atoms with E-state index in [1.54, 1.807) is 24.3 Å². The predicted octanol–water partition coefficient (Wildman–Crippen LogP) is 1.93. The fraction of sp³-hybridized carbons (Fsp3) is 0.333. The van der Waals surface area contributed by atoms with Gasteiger partial charge in [-0.05, 0) is 17.5 Å². The summed E-state index contributed by atoms with van der Waals surface area (Å²) in [5, 5.41) is 0.635. The third kappa shape index (κ3) is 3.07. The normalized spacial score (nSPS) is 19.1. The third-order valence-electron chi connectivity index (χ3n) is 3.70. The van der Waals surface area contributed by atoms with Crippen molar-refractivity contribution in [1.82, 2.24) is 9.88 Å². The minimum atomic E-state index is -4.55. The fourth-order valence-electron chi connectivity index (χ4n) is 2.51. The van der Waals surface area contributed by atoms with Crippen molar-refractivity contribution in [3.63, 3.8) is 0 Å². The molecule has 1 N–H and O–H groups in total. The summed E-state index contributed by atoms with van der Waals surface area (Å²) >= 11 is 0. The van der Waals surface area contributed by atoms with Crippen molar-refractivity contribution in [3.05, 3.63) is 46.2 Å². The van der Waals surface area contributed by atoms with E-state index in [0.717, 1.165) is 4.90 Å². The summed E-state index contributed by atoms with van der Waals surface area (Å²) in [5.41, 5.74) is -0.237. The van der Waals surface area contributed by atoms with Crippen molar-refractivity contribution >= 4 is 16.8 Å². The average molecular weight is 326 g/mol. The van der Waals surface area contributed by atoms with E-state index in [1.807, 2.05) is 0 Å². The first-order valence-electron chi connectivity index (χ1n) is 6.96. The molecular weight excluding hydrogens is 313 g/mol. The molecule has 1 amide bonds. The zero-order valence-electron chi connectivity index (χ0n) is 11.9. The molecule has 0 aliphatic carbocycles. The summed E-state index contributed by atoms with van der Waals surface area (Å²) in [6.45, 7) is -0.826. The topological polar surface area (TPSA) is 62.4 Å². The van der Waals surface area contributed by atoms with Crippen LogP contribution in [-0.4, -0.2) is 47.8 Å². The minimum absolute atomic E-state index is 0.0116. The number of nitrogens with zero attached hydrogens (tertiary/aromatic N) is 1. The molecule has 3 rings (SSSR count). The number of benzene rings is 1. The number of aromatic nitrogens is 1. The van der Waals surface area contributed by atoms with Gasteiger partial charge in [0.05, 0.1) is 13.2 Å². The molecule has 0 saturated carbocycles. The number of aromatic amines is 1. The molecule has 1 fully saturated rings. The number of H-pyrrole nitrogens is 1. The van der Waals surface area contributed by atoms with Gasteiger partial charge in [-0.25, -0.2) is 0 Å². The smallest absolute Gasteiger partial charge is 0.365 e. The van der Waals surface area contributed by atoms with Crippen LogP contribution in [0.5, 0.6) is 0 Å². The zero-order valence-corrected chi connectivity index (χ0v) is 11.9. The Bertz CT molecular complexity index is 800. The van der Waals surface area contributed by atoms with Gasteiger partial charge in [0.15, 0.2) is 6.10 Å². The van der Waals surface area contributed by atoms with E-state index in [9.17, 15) is 22.8 Å². The Kier molecular flexibility index (Phi) is 3.85. The number of hydrogen-bond acceptors (Lipinski definition) is 3. The van der Waals surface area contributed by atoms with Crippen LogP contribution < -0.4 is 5.56 Å². The number of morpholine rings is 1. The molecule has 0 radical (unpaired) electrons. The van der Waals surface area contributed by atoms with E-state index in [0.29, 0.717) is 10.9 Å². The number of carbonyl (C=O) groups excluding carboxylic acids is 1. The molecular formula is C15H13F3N2O3. The second-order valence-electron chi connectivity index (χ2n) is 5.25. The van der Waals surface area contributed by atoms with Gasteiger partial charge in [-0.2, -0.15) is 13.2 Å². The van der Waals surface area contributed by atoms with E-state index < -0.39 is 30.3 Å². The first-order valence-corrected chi connectivity index (χ1v) is 6.96. The second-order valence-corrected chi connectivity index (χ2v) is 5.25. The molecule has 1 aliphatic heterocycles. The summed E-state index contributed by atoms with van der Waals surface area (Å²) < 4.78 is 42.9. The molecule has 1 aromatic heterocycles. The van der Waals surface area contributed by atoms with Crippen LogP contribution in [0.2, 0.25) is 0 Å². The first-order chi connectivity index (χ1) is 10.9. The monoisotopic (exact) mass is 326 g/mol. The number of halogens is 3. The maximum Gasteiger partial charge on any atom is 0.416 e. The van der Waals surface area contributed by atoms with Gasteiger partial charge in [0.2, 0.25) is 0 Å². The molecule has 23 heavy (non-hydrogen) atoms. The number of nitrogens with one attached hydrogen (secondary N) is 1. The van der Waals surface area contributed by atoms with Gasteiger partial charge in [-0.3, -0.25) is 9.59 Å². The number of carbonyl (C=O) groups is 1. The summed E-state index contributed by atoms with van der Waals surface area (Å²) in [4.78, 5) is 28.0. The summed E-state index contributed by atoms with van der Waals surface area (Å²) in [5.74, 6) is -0.727. The van der Waals surface area contributed by atoms with Gasteiger partial charge in [-0.1, -0.05) is 18.2 Å². The van der Waals surface area contributed by atoms with Crippen LogP contribution in [0.25, 0.3) is 10.9 Å². The average Bonchev–Trinajstić information content (AvgIpc) is 2.53. The third-order valence-corrected chi connectivity index (χ3v) is 3.70. The van der Waals surface area contributed by atoms with Gasteiger partial charge in [0.25, 0.3) is 11.5 Å². The number of fused-ring (bicyclic) bond motifs is 1. The Hall–Kier alpha value is -2.35. The zero-order chi connectivity index (χ0) is 16.6. The van der Waals surface area contributed by atoms with Gasteiger partial charge < -0.3 is 14.6 Å².